The van der Waals surface area contributed by atoms with Crippen LogP contribution in [0.3, 0.4) is 0 Å². The number of nitrogens with zero attached hydrogens (tertiary/aromatic N) is 2. The summed E-state index contributed by atoms with van der Waals surface area (Å²) in [6, 6.07) is 8.46. The third-order valence-corrected chi connectivity index (χ3v) is 4.28. The summed E-state index contributed by atoms with van der Waals surface area (Å²) >= 11 is 1.86. The molecule has 0 aromatic carbocycles. The molecule has 0 bridgehead atoms. The summed E-state index contributed by atoms with van der Waals surface area (Å²) in [5, 5.41) is 6.66. The van der Waals surface area contributed by atoms with Crippen molar-refractivity contribution in [3.63, 3.8) is 0 Å². The maximum Gasteiger partial charge on any atom is 0.191 e. The molecule has 0 fully saturated rings. The van der Waals surface area contributed by atoms with Gasteiger partial charge in [0.2, 0.25) is 0 Å². The van der Waals surface area contributed by atoms with Crippen LogP contribution in [0.4, 0.5) is 0 Å². The molecule has 0 spiro atoms. The fourth-order valence-electron chi connectivity index (χ4n) is 1.92. The lowest BCUT2D eigenvalue weighted by Crippen LogP contribution is -2.38. The third kappa shape index (κ3) is 6.09. The molecule has 2 aromatic heterocycles. The average molecular weight is 418 g/mol. The van der Waals surface area contributed by atoms with E-state index in [9.17, 15) is 0 Å². The Morgan fingerprint density at radius 2 is 1.90 bits per heavy atom. The number of aryl methyl sites for hydroxylation is 1. The van der Waals surface area contributed by atoms with E-state index in [4.69, 9.17) is 0 Å². The van der Waals surface area contributed by atoms with Gasteiger partial charge in [-0.3, -0.25) is 4.99 Å². The number of guanidine groups is 1. The van der Waals surface area contributed by atoms with Crippen LogP contribution >= 0.6 is 35.3 Å². The van der Waals surface area contributed by atoms with Crippen LogP contribution < -0.4 is 10.6 Å². The number of halogens is 1. The molecule has 2 N–H and O–H groups in total. The van der Waals surface area contributed by atoms with Gasteiger partial charge in [0.15, 0.2) is 5.96 Å². The molecule has 0 atom stereocenters. The summed E-state index contributed by atoms with van der Waals surface area (Å²) in [6.07, 6.45) is 5.24. The van der Waals surface area contributed by atoms with Crippen LogP contribution in [-0.4, -0.2) is 24.1 Å². The van der Waals surface area contributed by atoms with Gasteiger partial charge >= 0.3 is 0 Å². The fourth-order valence-corrected chi connectivity index (χ4v) is 2.82. The minimum atomic E-state index is 0. The predicted molar refractivity (Wildman–Crippen MR) is 102 cm³/mol. The predicted octanol–water partition coefficient (Wildman–Crippen LogP) is 3.10. The van der Waals surface area contributed by atoms with E-state index in [2.05, 4.69) is 51.6 Å². The van der Waals surface area contributed by atoms with Crippen LogP contribution in [0.5, 0.6) is 0 Å². The summed E-state index contributed by atoms with van der Waals surface area (Å²) in [5.41, 5.74) is 0. The SMILES string of the molecule is CCc1ccc(CNC(=NC)NCCn2cccc2)s1.I. The van der Waals surface area contributed by atoms with Crippen molar-refractivity contribution in [2.24, 2.45) is 4.99 Å². The van der Waals surface area contributed by atoms with Crippen molar-refractivity contribution < 1.29 is 0 Å². The van der Waals surface area contributed by atoms with E-state index >= 15 is 0 Å². The molecule has 4 nitrogen and oxygen atoms in total. The van der Waals surface area contributed by atoms with Gasteiger partial charge in [0.25, 0.3) is 0 Å². The molecule has 0 unspecified atom stereocenters. The number of rotatable bonds is 6. The van der Waals surface area contributed by atoms with Gasteiger partial charge in [-0.2, -0.15) is 0 Å². The second-order valence-electron chi connectivity index (χ2n) is 4.49. The van der Waals surface area contributed by atoms with Gasteiger partial charge in [-0.15, -0.1) is 35.3 Å². The largest absolute Gasteiger partial charge is 0.355 e. The van der Waals surface area contributed by atoms with E-state index in [1.807, 2.05) is 23.5 Å². The number of aliphatic imine (C=N–C) groups is 1. The lowest BCUT2D eigenvalue weighted by molar-refractivity contribution is 0.666. The Kier molecular flexibility index (Phi) is 8.44. The minimum absolute atomic E-state index is 0. The van der Waals surface area contributed by atoms with Crippen molar-refractivity contribution in [1.82, 2.24) is 15.2 Å². The number of aromatic nitrogens is 1. The van der Waals surface area contributed by atoms with E-state index in [0.29, 0.717) is 0 Å². The summed E-state index contributed by atoms with van der Waals surface area (Å²) in [4.78, 5) is 7.01. The summed E-state index contributed by atoms with van der Waals surface area (Å²) in [7, 11) is 1.80. The van der Waals surface area contributed by atoms with Gasteiger partial charge in [-0.1, -0.05) is 6.92 Å². The van der Waals surface area contributed by atoms with Gasteiger partial charge in [0.05, 0.1) is 6.54 Å². The zero-order valence-electron chi connectivity index (χ0n) is 12.5. The molecule has 116 valence electrons. The van der Waals surface area contributed by atoms with E-state index in [1.54, 1.807) is 7.05 Å². The molecule has 0 aliphatic heterocycles. The van der Waals surface area contributed by atoms with Gasteiger partial charge < -0.3 is 15.2 Å². The van der Waals surface area contributed by atoms with Gasteiger partial charge in [-0.25, -0.2) is 0 Å². The normalized spacial score (nSPS) is 11.0. The first-order valence-corrected chi connectivity index (χ1v) is 7.76. The van der Waals surface area contributed by atoms with Crippen LogP contribution in [0.15, 0.2) is 41.7 Å². The number of hydrogen-bond acceptors (Lipinski definition) is 2. The Bertz CT molecular complexity index is 534. The smallest absolute Gasteiger partial charge is 0.191 e. The number of nitrogens with one attached hydrogen (secondary N) is 2. The molecular formula is C15H23IN4S. The second kappa shape index (κ2) is 9.83. The Morgan fingerprint density at radius 1 is 1.19 bits per heavy atom. The molecule has 0 aliphatic rings. The highest BCUT2D eigenvalue weighted by atomic mass is 127. The molecule has 21 heavy (non-hydrogen) atoms. The molecule has 0 saturated heterocycles. The average Bonchev–Trinajstić information content (AvgIpc) is 3.13. The monoisotopic (exact) mass is 418 g/mol. The topological polar surface area (TPSA) is 41.4 Å². The Hall–Kier alpha value is -1.02. The molecule has 0 amide bonds. The molecule has 2 aromatic rings. The van der Waals surface area contributed by atoms with E-state index in [-0.39, 0.29) is 24.0 Å². The molecule has 0 saturated carbocycles. The second-order valence-corrected chi connectivity index (χ2v) is 5.75. The summed E-state index contributed by atoms with van der Waals surface area (Å²) < 4.78 is 2.15. The lowest BCUT2D eigenvalue weighted by atomic mass is 10.4. The highest BCUT2D eigenvalue weighted by Gasteiger charge is 2.01. The highest BCUT2D eigenvalue weighted by molar-refractivity contribution is 14.0. The zero-order valence-corrected chi connectivity index (χ0v) is 15.7. The van der Waals surface area contributed by atoms with Crippen molar-refractivity contribution in [2.75, 3.05) is 13.6 Å². The molecule has 2 heterocycles. The van der Waals surface area contributed by atoms with Crippen molar-refractivity contribution in [3.05, 3.63) is 46.4 Å². The standard InChI is InChI=1S/C15H22N4S.HI/c1-3-13-6-7-14(20-13)12-18-15(16-2)17-8-11-19-9-4-5-10-19;/h4-7,9-10H,3,8,11-12H2,1-2H3,(H2,16,17,18);1H. The summed E-state index contributed by atoms with van der Waals surface area (Å²) in [5.74, 6) is 0.851. The first-order chi connectivity index (χ1) is 9.81. The van der Waals surface area contributed by atoms with Gasteiger partial charge in [-0.05, 0) is 30.7 Å². The zero-order chi connectivity index (χ0) is 14.2. The molecule has 6 heteroatoms. The van der Waals surface area contributed by atoms with E-state index in [1.165, 1.54) is 9.75 Å². The van der Waals surface area contributed by atoms with Crippen molar-refractivity contribution >= 4 is 41.3 Å². The van der Waals surface area contributed by atoms with E-state index < -0.39 is 0 Å². The number of thiophene rings is 1. The number of hydrogen-bond donors (Lipinski definition) is 2. The summed E-state index contributed by atoms with van der Waals surface area (Å²) in [6.45, 7) is 4.81. The van der Waals surface area contributed by atoms with Crippen molar-refractivity contribution in [2.45, 2.75) is 26.4 Å². The highest BCUT2D eigenvalue weighted by Crippen LogP contribution is 2.16. The Morgan fingerprint density at radius 3 is 2.52 bits per heavy atom. The molecular weight excluding hydrogens is 395 g/mol. The van der Waals surface area contributed by atoms with Crippen LogP contribution in [0.2, 0.25) is 0 Å². The molecule has 0 aliphatic carbocycles. The van der Waals surface area contributed by atoms with Crippen molar-refractivity contribution in [3.8, 4) is 0 Å². The third-order valence-electron chi connectivity index (χ3n) is 3.05. The van der Waals surface area contributed by atoms with Crippen LogP contribution in [-0.2, 0) is 19.5 Å². The van der Waals surface area contributed by atoms with E-state index in [0.717, 1.165) is 32.0 Å². The van der Waals surface area contributed by atoms with Crippen LogP contribution in [0.25, 0.3) is 0 Å². The molecule has 2 rings (SSSR count). The fraction of sp³-hybridized carbons (Fsp3) is 0.400. The quantitative estimate of drug-likeness (QED) is 0.430. The maximum atomic E-state index is 4.24. The molecule has 0 radical (unpaired) electrons. The lowest BCUT2D eigenvalue weighted by Gasteiger charge is -2.11. The minimum Gasteiger partial charge on any atom is -0.355 e. The van der Waals surface area contributed by atoms with Gasteiger partial charge in [0.1, 0.15) is 0 Å². The van der Waals surface area contributed by atoms with Crippen molar-refractivity contribution in [1.29, 1.82) is 0 Å². The Labute approximate surface area is 147 Å². The first-order valence-electron chi connectivity index (χ1n) is 6.94. The Balaban J connectivity index is 0.00000220. The van der Waals surface area contributed by atoms with Crippen LogP contribution in [0, 0.1) is 0 Å². The van der Waals surface area contributed by atoms with Crippen LogP contribution in [0.1, 0.15) is 16.7 Å². The first kappa shape index (κ1) is 18.0. The maximum absolute atomic E-state index is 4.24. The van der Waals surface area contributed by atoms with Gasteiger partial charge in [0, 0.05) is 42.3 Å².